The van der Waals surface area contributed by atoms with Gasteiger partial charge in [0.15, 0.2) is 0 Å². The Bertz CT molecular complexity index is 549. The molecule has 0 saturated heterocycles. The molecule has 0 aliphatic heterocycles. The third-order valence-corrected chi connectivity index (χ3v) is 3.13. The fourth-order valence-corrected chi connectivity index (χ4v) is 2.20. The summed E-state index contributed by atoms with van der Waals surface area (Å²) in [4.78, 5) is 10.5. The Morgan fingerprint density at radius 1 is 1.12 bits per heavy atom. The highest BCUT2D eigenvalue weighted by molar-refractivity contribution is 6.35. The summed E-state index contributed by atoms with van der Waals surface area (Å²) in [5.41, 5.74) is 1.16. The Labute approximate surface area is 105 Å². The van der Waals surface area contributed by atoms with Crippen LogP contribution in [0.3, 0.4) is 0 Å². The maximum Gasteiger partial charge on any atom is 0.303 e. The molecule has 0 radical (unpaired) electrons. The van der Waals surface area contributed by atoms with Crippen molar-refractivity contribution in [3.8, 4) is 0 Å². The van der Waals surface area contributed by atoms with Crippen molar-refractivity contribution in [2.75, 3.05) is 0 Å². The number of benzene rings is 2. The van der Waals surface area contributed by atoms with E-state index in [0.717, 1.165) is 27.8 Å². The molecule has 17 heavy (non-hydrogen) atoms. The van der Waals surface area contributed by atoms with Gasteiger partial charge in [0.1, 0.15) is 0 Å². The first-order chi connectivity index (χ1) is 8.18. The number of rotatable bonds is 4. The van der Waals surface area contributed by atoms with Gasteiger partial charge in [-0.1, -0.05) is 41.9 Å². The molecule has 2 nitrogen and oxygen atoms in total. The highest BCUT2D eigenvalue weighted by Crippen LogP contribution is 2.27. The molecule has 0 amide bonds. The van der Waals surface area contributed by atoms with Gasteiger partial charge in [0.25, 0.3) is 0 Å². The van der Waals surface area contributed by atoms with Crippen LogP contribution in [0.5, 0.6) is 0 Å². The molecule has 0 bridgehead atoms. The second-order valence-corrected chi connectivity index (χ2v) is 4.41. The molecule has 0 atom stereocenters. The lowest BCUT2D eigenvalue weighted by molar-refractivity contribution is -0.137. The Kier molecular flexibility index (Phi) is 3.64. The third-order valence-electron chi connectivity index (χ3n) is 2.80. The molecule has 0 saturated carbocycles. The van der Waals surface area contributed by atoms with Gasteiger partial charge in [-0.25, -0.2) is 0 Å². The van der Waals surface area contributed by atoms with E-state index in [-0.39, 0.29) is 6.42 Å². The van der Waals surface area contributed by atoms with Gasteiger partial charge in [-0.3, -0.25) is 4.79 Å². The number of halogens is 1. The fraction of sp³-hybridized carbons (Fsp3) is 0.214. The van der Waals surface area contributed by atoms with Crippen LogP contribution in [-0.2, 0) is 11.2 Å². The highest BCUT2D eigenvalue weighted by Gasteiger charge is 2.05. The maximum atomic E-state index is 10.5. The molecule has 2 aromatic carbocycles. The quantitative estimate of drug-likeness (QED) is 0.891. The second kappa shape index (κ2) is 5.19. The van der Waals surface area contributed by atoms with E-state index in [2.05, 4.69) is 0 Å². The van der Waals surface area contributed by atoms with Crippen molar-refractivity contribution in [3.63, 3.8) is 0 Å². The summed E-state index contributed by atoms with van der Waals surface area (Å²) in [7, 11) is 0. The lowest BCUT2D eigenvalue weighted by Crippen LogP contribution is -1.96. The molecule has 2 rings (SSSR count). The van der Waals surface area contributed by atoms with Crippen LogP contribution in [0, 0.1) is 0 Å². The Hall–Kier alpha value is -1.54. The molecule has 1 N–H and O–H groups in total. The molecule has 0 aliphatic carbocycles. The molecule has 3 heteroatoms. The van der Waals surface area contributed by atoms with Gasteiger partial charge < -0.3 is 5.11 Å². The van der Waals surface area contributed by atoms with Crippen LogP contribution < -0.4 is 0 Å². The van der Waals surface area contributed by atoms with E-state index in [1.165, 1.54) is 0 Å². The predicted octanol–water partition coefficient (Wildman–Crippen LogP) is 3.90. The maximum absolute atomic E-state index is 10.5. The number of fused-ring (bicyclic) bond motifs is 1. The molecule has 0 fully saturated rings. The van der Waals surface area contributed by atoms with Crippen molar-refractivity contribution in [2.45, 2.75) is 19.3 Å². The van der Waals surface area contributed by atoms with Gasteiger partial charge in [-0.2, -0.15) is 0 Å². The molecule has 0 aromatic heterocycles. The van der Waals surface area contributed by atoms with E-state index < -0.39 is 5.97 Å². The van der Waals surface area contributed by atoms with Crippen molar-refractivity contribution in [3.05, 3.63) is 47.0 Å². The number of carbonyl (C=O) groups is 1. The summed E-state index contributed by atoms with van der Waals surface area (Å²) >= 11 is 6.12. The van der Waals surface area contributed by atoms with E-state index in [4.69, 9.17) is 16.7 Å². The lowest BCUT2D eigenvalue weighted by atomic mass is 10.0. The zero-order valence-electron chi connectivity index (χ0n) is 9.32. The number of hydrogen-bond donors (Lipinski definition) is 1. The zero-order valence-corrected chi connectivity index (χ0v) is 10.1. The van der Waals surface area contributed by atoms with Crippen molar-refractivity contribution in [1.29, 1.82) is 0 Å². The second-order valence-electron chi connectivity index (χ2n) is 4.00. The fourth-order valence-electron chi connectivity index (χ4n) is 1.97. The van der Waals surface area contributed by atoms with Gasteiger partial charge in [-0.15, -0.1) is 0 Å². The van der Waals surface area contributed by atoms with Crippen molar-refractivity contribution < 1.29 is 9.90 Å². The average Bonchev–Trinajstić information content (AvgIpc) is 2.32. The molecule has 88 valence electrons. The van der Waals surface area contributed by atoms with Crippen LogP contribution in [0.15, 0.2) is 36.4 Å². The van der Waals surface area contributed by atoms with E-state index in [0.29, 0.717) is 6.42 Å². The lowest BCUT2D eigenvalue weighted by Gasteiger charge is -2.07. The minimum absolute atomic E-state index is 0.205. The van der Waals surface area contributed by atoms with Crippen LogP contribution in [0.25, 0.3) is 10.8 Å². The molecule has 2 aromatic rings. The van der Waals surface area contributed by atoms with Crippen LogP contribution in [0.1, 0.15) is 18.4 Å². The van der Waals surface area contributed by atoms with Crippen molar-refractivity contribution in [2.24, 2.45) is 0 Å². The molecule has 0 heterocycles. The van der Waals surface area contributed by atoms with E-state index in [1.54, 1.807) is 0 Å². The smallest absolute Gasteiger partial charge is 0.303 e. The molecule has 0 spiro atoms. The van der Waals surface area contributed by atoms with Gasteiger partial charge in [-0.05, 0) is 29.9 Å². The SMILES string of the molecule is O=C(O)CCCc1ccc(Cl)c2ccccc12. The summed E-state index contributed by atoms with van der Waals surface area (Å²) in [6, 6.07) is 11.8. The average molecular weight is 249 g/mol. The molecular weight excluding hydrogens is 236 g/mol. The van der Waals surface area contributed by atoms with E-state index in [1.807, 2.05) is 36.4 Å². The zero-order chi connectivity index (χ0) is 12.3. The first-order valence-corrected chi connectivity index (χ1v) is 5.94. The number of hydrogen-bond acceptors (Lipinski definition) is 1. The Morgan fingerprint density at radius 3 is 2.53 bits per heavy atom. The third kappa shape index (κ3) is 2.77. The van der Waals surface area contributed by atoms with Crippen LogP contribution in [0.2, 0.25) is 5.02 Å². The number of aryl methyl sites for hydroxylation is 1. The topological polar surface area (TPSA) is 37.3 Å². The van der Waals surface area contributed by atoms with Gasteiger partial charge in [0, 0.05) is 16.8 Å². The van der Waals surface area contributed by atoms with Gasteiger partial charge in [0.2, 0.25) is 0 Å². The summed E-state index contributed by atoms with van der Waals surface area (Å²) < 4.78 is 0. The van der Waals surface area contributed by atoms with Crippen LogP contribution in [0.4, 0.5) is 0 Å². The Balaban J connectivity index is 2.28. The number of carboxylic acids is 1. The van der Waals surface area contributed by atoms with Crippen molar-refractivity contribution >= 4 is 28.3 Å². The van der Waals surface area contributed by atoms with Crippen molar-refractivity contribution in [1.82, 2.24) is 0 Å². The van der Waals surface area contributed by atoms with Crippen LogP contribution >= 0.6 is 11.6 Å². The Morgan fingerprint density at radius 2 is 1.82 bits per heavy atom. The minimum Gasteiger partial charge on any atom is -0.481 e. The summed E-state index contributed by atoms with van der Waals surface area (Å²) in [5, 5.41) is 11.5. The summed E-state index contributed by atoms with van der Waals surface area (Å²) in [5.74, 6) is -0.747. The first kappa shape index (κ1) is 11.9. The number of carboxylic acid groups (broad SMARTS) is 1. The minimum atomic E-state index is -0.747. The highest BCUT2D eigenvalue weighted by atomic mass is 35.5. The predicted molar refractivity (Wildman–Crippen MR) is 69.5 cm³/mol. The normalized spacial score (nSPS) is 10.6. The monoisotopic (exact) mass is 248 g/mol. The van der Waals surface area contributed by atoms with Gasteiger partial charge >= 0.3 is 5.97 Å². The van der Waals surface area contributed by atoms with Crippen LogP contribution in [-0.4, -0.2) is 11.1 Å². The summed E-state index contributed by atoms with van der Waals surface area (Å²) in [6.07, 6.45) is 1.63. The molecule has 0 unspecified atom stereocenters. The van der Waals surface area contributed by atoms with E-state index in [9.17, 15) is 4.79 Å². The molecule has 0 aliphatic rings. The standard InChI is InChI=1S/C14H13ClO2/c15-13-9-8-10(4-3-7-14(16)17)11-5-1-2-6-12(11)13/h1-2,5-6,8-9H,3-4,7H2,(H,16,17). The first-order valence-electron chi connectivity index (χ1n) is 5.56. The number of aliphatic carboxylic acids is 1. The molecular formula is C14H13ClO2. The van der Waals surface area contributed by atoms with Gasteiger partial charge in [0.05, 0.1) is 0 Å². The van der Waals surface area contributed by atoms with E-state index >= 15 is 0 Å². The summed E-state index contributed by atoms with van der Waals surface area (Å²) in [6.45, 7) is 0. The largest absolute Gasteiger partial charge is 0.481 e.